The first-order valence-corrected chi connectivity index (χ1v) is 8.22. The van der Waals surface area contributed by atoms with Crippen LogP contribution < -0.4 is 10.6 Å². The quantitative estimate of drug-likeness (QED) is 0.686. The number of nitrogens with one attached hydrogen (secondary N) is 2. The molecule has 0 bridgehead atoms. The summed E-state index contributed by atoms with van der Waals surface area (Å²) in [6.07, 6.45) is 4.42. The Balaban J connectivity index is 1.97. The smallest absolute Gasteiger partial charge is 0.225 e. The van der Waals surface area contributed by atoms with Gasteiger partial charge >= 0.3 is 0 Å². The van der Waals surface area contributed by atoms with Gasteiger partial charge < -0.3 is 10.6 Å². The van der Waals surface area contributed by atoms with Gasteiger partial charge in [-0.25, -0.2) is 9.37 Å². The molecule has 0 fully saturated rings. The number of nitrogens with zero attached hydrogens (tertiary/aromatic N) is 3. The normalized spacial score (nSPS) is 11.8. The summed E-state index contributed by atoms with van der Waals surface area (Å²) in [6, 6.07) is 12.1. The molecular formula is C19H20FN5. The lowest BCUT2D eigenvalue weighted by Crippen LogP contribution is -2.16. The molecule has 2 aromatic heterocycles. The standard InChI is InChI=1S/C19H20FN5/c1-3-13(2)22-19-24-17(14-6-5-9-21-12-14)11-18(25-19)23-16-8-4-7-15(20)10-16/h4-13H,3H2,1-2H3,(H2,22,23,24,25)/t13-/m1/s1. The van der Waals surface area contributed by atoms with Crippen LogP contribution in [0, 0.1) is 5.82 Å². The number of halogens is 1. The highest BCUT2D eigenvalue weighted by molar-refractivity contribution is 5.66. The van der Waals surface area contributed by atoms with Gasteiger partial charge in [0.15, 0.2) is 0 Å². The van der Waals surface area contributed by atoms with E-state index < -0.39 is 0 Å². The van der Waals surface area contributed by atoms with E-state index in [-0.39, 0.29) is 11.9 Å². The summed E-state index contributed by atoms with van der Waals surface area (Å²) in [5, 5.41) is 6.42. The van der Waals surface area contributed by atoms with Gasteiger partial charge in [0, 0.05) is 35.8 Å². The Hall–Kier alpha value is -3.02. The molecule has 0 aliphatic heterocycles. The molecule has 1 aromatic carbocycles. The Bertz CT molecular complexity index is 838. The molecule has 0 aliphatic carbocycles. The number of pyridine rings is 1. The summed E-state index contributed by atoms with van der Waals surface area (Å²) in [6.45, 7) is 4.16. The molecule has 0 radical (unpaired) electrons. The van der Waals surface area contributed by atoms with E-state index in [1.54, 1.807) is 24.5 Å². The van der Waals surface area contributed by atoms with E-state index in [0.29, 0.717) is 17.5 Å². The van der Waals surface area contributed by atoms with Gasteiger partial charge in [-0.1, -0.05) is 13.0 Å². The minimum Gasteiger partial charge on any atom is -0.352 e. The molecule has 0 aliphatic rings. The van der Waals surface area contributed by atoms with Crippen molar-refractivity contribution in [3.8, 4) is 11.3 Å². The van der Waals surface area contributed by atoms with Gasteiger partial charge in [0.2, 0.25) is 5.95 Å². The maximum atomic E-state index is 13.4. The zero-order chi connectivity index (χ0) is 17.6. The van der Waals surface area contributed by atoms with Gasteiger partial charge in [0.25, 0.3) is 0 Å². The Kier molecular flexibility index (Phi) is 5.18. The van der Waals surface area contributed by atoms with Crippen LogP contribution >= 0.6 is 0 Å². The van der Waals surface area contributed by atoms with Crippen molar-refractivity contribution >= 4 is 17.5 Å². The van der Waals surface area contributed by atoms with E-state index in [2.05, 4.69) is 39.4 Å². The van der Waals surface area contributed by atoms with Crippen molar-refractivity contribution < 1.29 is 4.39 Å². The maximum absolute atomic E-state index is 13.4. The molecule has 0 amide bonds. The molecule has 128 valence electrons. The average Bonchev–Trinajstić information content (AvgIpc) is 2.62. The van der Waals surface area contributed by atoms with Crippen molar-refractivity contribution in [1.82, 2.24) is 15.0 Å². The number of hydrogen-bond acceptors (Lipinski definition) is 5. The Labute approximate surface area is 146 Å². The highest BCUT2D eigenvalue weighted by Crippen LogP contribution is 2.23. The van der Waals surface area contributed by atoms with Crippen molar-refractivity contribution in [3.63, 3.8) is 0 Å². The maximum Gasteiger partial charge on any atom is 0.225 e. The van der Waals surface area contributed by atoms with Crippen LogP contribution in [0.2, 0.25) is 0 Å². The predicted octanol–water partition coefficient (Wildman–Crippen LogP) is 4.63. The van der Waals surface area contributed by atoms with Gasteiger partial charge in [-0.2, -0.15) is 4.98 Å². The van der Waals surface area contributed by atoms with Crippen molar-refractivity contribution in [1.29, 1.82) is 0 Å². The molecule has 0 spiro atoms. The molecule has 25 heavy (non-hydrogen) atoms. The van der Waals surface area contributed by atoms with Crippen LogP contribution in [-0.2, 0) is 0 Å². The second-order valence-corrected chi connectivity index (χ2v) is 5.79. The van der Waals surface area contributed by atoms with E-state index in [0.717, 1.165) is 17.7 Å². The van der Waals surface area contributed by atoms with Gasteiger partial charge in [0.05, 0.1) is 5.69 Å². The fraction of sp³-hybridized carbons (Fsp3) is 0.211. The highest BCUT2D eigenvalue weighted by atomic mass is 19.1. The molecule has 5 nitrogen and oxygen atoms in total. The van der Waals surface area contributed by atoms with Gasteiger partial charge in [-0.3, -0.25) is 4.98 Å². The third kappa shape index (κ3) is 4.50. The first-order valence-electron chi connectivity index (χ1n) is 8.22. The summed E-state index contributed by atoms with van der Waals surface area (Å²) in [4.78, 5) is 13.2. The van der Waals surface area contributed by atoms with E-state index in [1.807, 2.05) is 18.2 Å². The van der Waals surface area contributed by atoms with E-state index >= 15 is 0 Å². The van der Waals surface area contributed by atoms with Crippen molar-refractivity contribution in [2.75, 3.05) is 10.6 Å². The largest absolute Gasteiger partial charge is 0.352 e. The molecular weight excluding hydrogens is 317 g/mol. The minimum absolute atomic E-state index is 0.242. The molecule has 3 rings (SSSR count). The molecule has 6 heteroatoms. The average molecular weight is 337 g/mol. The van der Waals surface area contributed by atoms with Crippen molar-refractivity contribution in [2.24, 2.45) is 0 Å². The molecule has 2 heterocycles. The van der Waals surface area contributed by atoms with Gasteiger partial charge in [-0.05, 0) is 43.7 Å². The zero-order valence-corrected chi connectivity index (χ0v) is 14.2. The van der Waals surface area contributed by atoms with Crippen molar-refractivity contribution in [3.05, 3.63) is 60.7 Å². The van der Waals surface area contributed by atoms with Crippen LogP contribution in [0.25, 0.3) is 11.3 Å². The number of benzene rings is 1. The molecule has 0 unspecified atom stereocenters. The number of hydrogen-bond donors (Lipinski definition) is 2. The molecule has 2 N–H and O–H groups in total. The fourth-order valence-electron chi connectivity index (χ4n) is 2.27. The summed E-state index contributed by atoms with van der Waals surface area (Å²) in [7, 11) is 0. The second-order valence-electron chi connectivity index (χ2n) is 5.79. The van der Waals surface area contributed by atoms with Crippen LogP contribution in [0.1, 0.15) is 20.3 Å². The number of rotatable bonds is 6. The molecule has 1 atom stereocenters. The summed E-state index contributed by atoms with van der Waals surface area (Å²) < 4.78 is 13.4. The van der Waals surface area contributed by atoms with Gasteiger partial charge in [-0.15, -0.1) is 0 Å². The lowest BCUT2D eigenvalue weighted by Gasteiger charge is -2.14. The number of anilines is 3. The van der Waals surface area contributed by atoms with E-state index in [4.69, 9.17) is 0 Å². The Morgan fingerprint density at radius 3 is 2.72 bits per heavy atom. The van der Waals surface area contributed by atoms with Crippen LogP contribution in [0.15, 0.2) is 54.9 Å². The first kappa shape index (κ1) is 16.8. The summed E-state index contributed by atoms with van der Waals surface area (Å²) in [5.41, 5.74) is 2.26. The van der Waals surface area contributed by atoms with Gasteiger partial charge in [0.1, 0.15) is 11.6 Å². The fourth-order valence-corrected chi connectivity index (χ4v) is 2.27. The minimum atomic E-state index is -0.301. The second kappa shape index (κ2) is 7.70. The van der Waals surface area contributed by atoms with Crippen LogP contribution in [-0.4, -0.2) is 21.0 Å². The summed E-state index contributed by atoms with van der Waals surface area (Å²) in [5.74, 6) is 0.810. The third-order valence-electron chi connectivity index (χ3n) is 3.77. The van der Waals surface area contributed by atoms with E-state index in [1.165, 1.54) is 12.1 Å². The SMILES string of the molecule is CC[C@@H](C)Nc1nc(Nc2cccc(F)c2)cc(-c2cccnc2)n1. The van der Waals surface area contributed by atoms with Crippen molar-refractivity contribution in [2.45, 2.75) is 26.3 Å². The van der Waals surface area contributed by atoms with Crippen LogP contribution in [0.4, 0.5) is 21.8 Å². The molecule has 0 saturated heterocycles. The predicted molar refractivity (Wildman–Crippen MR) is 98.3 cm³/mol. The number of aromatic nitrogens is 3. The Morgan fingerprint density at radius 1 is 1.12 bits per heavy atom. The third-order valence-corrected chi connectivity index (χ3v) is 3.77. The first-order chi connectivity index (χ1) is 12.1. The zero-order valence-electron chi connectivity index (χ0n) is 14.2. The highest BCUT2D eigenvalue weighted by Gasteiger charge is 2.09. The molecule has 0 saturated carbocycles. The summed E-state index contributed by atoms with van der Waals surface area (Å²) >= 11 is 0. The lowest BCUT2D eigenvalue weighted by atomic mass is 10.2. The monoisotopic (exact) mass is 337 g/mol. The van der Waals surface area contributed by atoms with Crippen LogP contribution in [0.5, 0.6) is 0 Å². The molecule has 3 aromatic rings. The lowest BCUT2D eigenvalue weighted by molar-refractivity contribution is 0.628. The van der Waals surface area contributed by atoms with E-state index in [9.17, 15) is 4.39 Å². The van der Waals surface area contributed by atoms with Crippen LogP contribution in [0.3, 0.4) is 0 Å². The topological polar surface area (TPSA) is 62.7 Å². The Morgan fingerprint density at radius 2 is 2.00 bits per heavy atom.